The maximum Gasteiger partial charge on any atom is 0.224 e. The van der Waals surface area contributed by atoms with E-state index in [4.69, 9.17) is 11.6 Å². The molecule has 1 N–H and O–H groups in total. The highest BCUT2D eigenvalue weighted by atomic mass is 35.5. The molecule has 0 aliphatic carbocycles. The van der Waals surface area contributed by atoms with E-state index < -0.39 is 33.2 Å². The lowest BCUT2D eigenvalue weighted by Crippen LogP contribution is -2.14. The first-order valence-electron chi connectivity index (χ1n) is 12.6. The van der Waals surface area contributed by atoms with Crippen LogP contribution in [-0.2, 0) is 14.6 Å². The number of aromatic nitrogens is 3. The fourth-order valence-electron chi connectivity index (χ4n) is 4.11. The first-order valence-corrected chi connectivity index (χ1v) is 15.5. The number of ketones is 1. The number of sulfone groups is 1. The lowest BCUT2D eigenvalue weighted by molar-refractivity contribution is -0.116. The molecule has 3 aromatic heterocycles. The highest BCUT2D eigenvalue weighted by Gasteiger charge is 2.21. The Labute approximate surface area is 248 Å². The molecule has 1 amide bonds. The summed E-state index contributed by atoms with van der Waals surface area (Å²) in [5.41, 5.74) is 0.583. The molecule has 0 saturated carbocycles. The first kappa shape index (κ1) is 29.4. The van der Waals surface area contributed by atoms with Gasteiger partial charge in [0.2, 0.25) is 25.9 Å². The quantitative estimate of drug-likeness (QED) is 0.139. The zero-order valence-corrected chi connectivity index (χ0v) is 24.1. The van der Waals surface area contributed by atoms with Gasteiger partial charge in [-0.25, -0.2) is 22.2 Å². The van der Waals surface area contributed by atoms with E-state index >= 15 is 0 Å². The number of carbonyl (C=O) groups is 2. The second kappa shape index (κ2) is 12.4. The molecule has 214 valence electrons. The Morgan fingerprint density at radius 3 is 2.52 bits per heavy atom. The molecule has 42 heavy (non-hydrogen) atoms. The monoisotopic (exact) mass is 626 g/mol. The van der Waals surface area contributed by atoms with Crippen molar-refractivity contribution in [1.82, 2.24) is 15.0 Å². The van der Waals surface area contributed by atoms with Gasteiger partial charge in [-0.05, 0) is 61.4 Å². The van der Waals surface area contributed by atoms with Crippen molar-refractivity contribution >= 4 is 60.4 Å². The van der Waals surface area contributed by atoms with Crippen molar-refractivity contribution in [3.63, 3.8) is 0 Å². The lowest BCUT2D eigenvalue weighted by atomic mass is 10.0. The van der Waals surface area contributed by atoms with Gasteiger partial charge >= 0.3 is 0 Å². The summed E-state index contributed by atoms with van der Waals surface area (Å²) in [5.74, 6) is -2.87. The minimum Gasteiger partial charge on any atom is -0.325 e. The number of nitrogens with zero attached hydrogens (tertiary/aromatic N) is 3. The van der Waals surface area contributed by atoms with Crippen LogP contribution in [0.5, 0.6) is 0 Å². The van der Waals surface area contributed by atoms with Crippen LogP contribution in [0.2, 0.25) is 5.02 Å². The summed E-state index contributed by atoms with van der Waals surface area (Å²) in [7, 11) is -3.61. The van der Waals surface area contributed by atoms with Crippen LogP contribution in [-0.4, -0.2) is 40.8 Å². The molecule has 3 heterocycles. The number of rotatable bonds is 10. The average molecular weight is 627 g/mol. The van der Waals surface area contributed by atoms with Crippen LogP contribution in [0.25, 0.3) is 21.5 Å². The van der Waals surface area contributed by atoms with Gasteiger partial charge in [0.1, 0.15) is 11.5 Å². The number of anilines is 1. The zero-order chi connectivity index (χ0) is 29.9. The van der Waals surface area contributed by atoms with E-state index in [-0.39, 0.29) is 57.6 Å². The van der Waals surface area contributed by atoms with Crippen LogP contribution in [0.1, 0.15) is 35.3 Å². The predicted molar refractivity (Wildman–Crippen MR) is 156 cm³/mol. The largest absolute Gasteiger partial charge is 0.325 e. The van der Waals surface area contributed by atoms with Gasteiger partial charge in [0, 0.05) is 18.2 Å². The predicted octanol–water partition coefficient (Wildman–Crippen LogP) is 6.50. The molecular weight excluding hydrogens is 606 g/mol. The van der Waals surface area contributed by atoms with Crippen LogP contribution in [0.15, 0.2) is 77.4 Å². The number of hydrogen-bond donors (Lipinski definition) is 1. The van der Waals surface area contributed by atoms with Crippen LogP contribution in [0.4, 0.5) is 14.5 Å². The minimum absolute atomic E-state index is 0.00496. The molecule has 13 heteroatoms. The highest BCUT2D eigenvalue weighted by molar-refractivity contribution is 7.93. The number of halogens is 3. The smallest absolute Gasteiger partial charge is 0.224 e. The van der Waals surface area contributed by atoms with E-state index in [9.17, 15) is 26.8 Å². The van der Waals surface area contributed by atoms with Crippen molar-refractivity contribution < 1.29 is 26.8 Å². The normalized spacial score (nSPS) is 11.5. The second-order valence-electron chi connectivity index (χ2n) is 9.20. The van der Waals surface area contributed by atoms with Gasteiger partial charge in [-0.3, -0.25) is 19.6 Å². The number of amides is 1. The number of unbranched alkanes of at least 4 members (excludes halogenated alkanes) is 1. The Kier molecular flexibility index (Phi) is 8.66. The number of nitrogens with one attached hydrogen (secondary N) is 1. The van der Waals surface area contributed by atoms with Gasteiger partial charge in [0.05, 0.1) is 44.1 Å². The summed E-state index contributed by atoms with van der Waals surface area (Å²) >= 11 is 6.92. The van der Waals surface area contributed by atoms with E-state index in [0.29, 0.717) is 10.5 Å². The summed E-state index contributed by atoms with van der Waals surface area (Å²) in [6.45, 7) is 0. The Morgan fingerprint density at radius 2 is 1.76 bits per heavy atom. The van der Waals surface area contributed by atoms with Crippen LogP contribution in [0, 0.1) is 11.6 Å². The molecule has 0 spiro atoms. The Hall–Kier alpha value is -4.13. The van der Waals surface area contributed by atoms with Crippen molar-refractivity contribution in [3.8, 4) is 11.3 Å². The number of fused-ring (bicyclic) bond motifs is 1. The van der Waals surface area contributed by atoms with E-state index in [1.807, 2.05) is 6.07 Å². The topological polar surface area (TPSA) is 119 Å². The van der Waals surface area contributed by atoms with Crippen LogP contribution in [0.3, 0.4) is 0 Å². The maximum atomic E-state index is 14.6. The molecule has 8 nitrogen and oxygen atoms in total. The SMILES string of the molecule is O=C(CCCCS(=O)(=O)c1nc2ccccc2s1)Nc1ccc(F)cc1-c1cc(C(=O)c2ccc(Cl)cn2)c(F)cn1. The zero-order valence-electron chi connectivity index (χ0n) is 21.7. The summed E-state index contributed by atoms with van der Waals surface area (Å²) in [5, 5.41) is 2.98. The summed E-state index contributed by atoms with van der Waals surface area (Å²) in [4.78, 5) is 37.7. The molecule has 0 fully saturated rings. The molecule has 2 aromatic carbocycles. The Morgan fingerprint density at radius 1 is 0.952 bits per heavy atom. The molecular formula is C29H21ClF2N4O4S2. The highest BCUT2D eigenvalue weighted by Crippen LogP contribution is 2.30. The molecule has 0 unspecified atom stereocenters. The van der Waals surface area contributed by atoms with Gasteiger partial charge in [-0.1, -0.05) is 23.7 Å². The first-order chi connectivity index (χ1) is 20.1. The molecule has 0 atom stereocenters. The third-order valence-corrected chi connectivity index (χ3v) is 9.71. The summed E-state index contributed by atoms with van der Waals surface area (Å²) in [6.07, 6.45) is 2.58. The van der Waals surface area contributed by atoms with E-state index in [1.165, 1.54) is 24.4 Å². The fraction of sp³-hybridized carbons (Fsp3) is 0.138. The summed E-state index contributed by atoms with van der Waals surface area (Å²) < 4.78 is 55.1. The van der Waals surface area contributed by atoms with Gasteiger partial charge in [0.15, 0.2) is 5.82 Å². The van der Waals surface area contributed by atoms with Gasteiger partial charge in [-0.15, -0.1) is 11.3 Å². The van der Waals surface area contributed by atoms with Crippen LogP contribution < -0.4 is 5.32 Å². The minimum atomic E-state index is -3.61. The summed E-state index contributed by atoms with van der Waals surface area (Å²) in [6, 6.07) is 14.7. The van der Waals surface area contributed by atoms with E-state index in [2.05, 4.69) is 20.3 Å². The van der Waals surface area contributed by atoms with Gasteiger partial charge < -0.3 is 5.32 Å². The van der Waals surface area contributed by atoms with Crippen molar-refractivity contribution in [1.29, 1.82) is 0 Å². The van der Waals surface area contributed by atoms with Crippen molar-refractivity contribution in [3.05, 3.63) is 101 Å². The van der Waals surface area contributed by atoms with Gasteiger partial charge in [0.25, 0.3) is 0 Å². The Bertz CT molecular complexity index is 1880. The lowest BCUT2D eigenvalue weighted by Gasteiger charge is -2.12. The molecule has 0 aliphatic heterocycles. The molecule has 0 radical (unpaired) electrons. The van der Waals surface area contributed by atoms with E-state index in [1.54, 1.807) is 18.2 Å². The number of benzene rings is 2. The molecule has 0 bridgehead atoms. The number of thiazole rings is 1. The third kappa shape index (κ3) is 6.67. The molecule has 0 saturated heterocycles. The maximum absolute atomic E-state index is 14.6. The van der Waals surface area contributed by atoms with Crippen molar-refractivity contribution in [2.75, 3.05) is 11.1 Å². The number of para-hydroxylation sites is 1. The molecule has 5 aromatic rings. The van der Waals surface area contributed by atoms with Crippen molar-refractivity contribution in [2.24, 2.45) is 0 Å². The molecule has 0 aliphatic rings. The average Bonchev–Trinajstić information content (AvgIpc) is 3.42. The molecule has 5 rings (SSSR count). The van der Waals surface area contributed by atoms with Crippen molar-refractivity contribution in [2.45, 2.75) is 23.6 Å². The Balaban J connectivity index is 1.26. The number of pyridine rings is 2. The van der Waals surface area contributed by atoms with E-state index in [0.717, 1.165) is 40.4 Å². The second-order valence-corrected chi connectivity index (χ2v) is 13.0. The van der Waals surface area contributed by atoms with Crippen LogP contribution >= 0.6 is 22.9 Å². The number of hydrogen-bond acceptors (Lipinski definition) is 8. The van der Waals surface area contributed by atoms with Gasteiger partial charge in [-0.2, -0.15) is 0 Å². The fourth-order valence-corrected chi connectivity index (χ4v) is 6.94. The standard InChI is InChI=1S/C29H21ClF2N4O4S2/c30-17-8-10-24(33-15-17)28(38)19-14-25(34-16-21(19)32)20-13-18(31)9-11-22(20)35-27(37)7-3-4-12-42(39,40)29-36-23-5-1-2-6-26(23)41-29/h1-2,5-6,8-11,13-16H,3-4,7,12H2,(H,35,37). The number of carbonyl (C=O) groups excluding carboxylic acids is 2. The third-order valence-electron chi connectivity index (χ3n) is 6.20.